The summed E-state index contributed by atoms with van der Waals surface area (Å²) in [5.41, 5.74) is 2.22. The number of benzene rings is 1. The van der Waals surface area contributed by atoms with Crippen molar-refractivity contribution >= 4 is 39.5 Å². The molecule has 0 aliphatic carbocycles. The van der Waals surface area contributed by atoms with Crippen LogP contribution in [0.3, 0.4) is 0 Å². The van der Waals surface area contributed by atoms with E-state index >= 15 is 0 Å². The maximum absolute atomic E-state index is 3.52. The largest absolute Gasteiger partial charge is 0.139 e. The fraction of sp³-hybridized carbons (Fsp3) is 0.625. The summed E-state index contributed by atoms with van der Waals surface area (Å²) in [5.74, 6) is 2.46. The summed E-state index contributed by atoms with van der Waals surface area (Å²) in [4.78, 5) is 0. The molecule has 3 heteroatoms. The predicted molar refractivity (Wildman–Crippen MR) is 94.0 cm³/mol. The molecule has 1 heterocycles. The Morgan fingerprint density at radius 3 is 1.89 bits per heavy atom. The van der Waals surface area contributed by atoms with Gasteiger partial charge in [0.05, 0.1) is 4.08 Å². The first-order valence-corrected chi connectivity index (χ1v) is 9.47. The smallest absolute Gasteiger partial charge is 0.0832 e. The van der Waals surface area contributed by atoms with E-state index in [-0.39, 0.29) is 4.08 Å². The van der Waals surface area contributed by atoms with Gasteiger partial charge < -0.3 is 0 Å². The molecule has 0 amide bonds. The molecule has 19 heavy (non-hydrogen) atoms. The fourth-order valence-electron chi connectivity index (χ4n) is 2.03. The zero-order chi connectivity index (χ0) is 14.3. The third-order valence-electron chi connectivity index (χ3n) is 4.51. The van der Waals surface area contributed by atoms with Crippen LogP contribution in [0.15, 0.2) is 28.7 Å². The quantitative estimate of drug-likeness (QED) is 0.589. The summed E-state index contributed by atoms with van der Waals surface area (Å²) in [6, 6.07) is 8.81. The van der Waals surface area contributed by atoms with Crippen molar-refractivity contribution < 1.29 is 0 Å². The summed E-state index contributed by atoms with van der Waals surface area (Å²) in [6.45, 7) is 11.9. The number of hydrogen-bond donors (Lipinski definition) is 0. The van der Waals surface area contributed by atoms with Crippen molar-refractivity contribution in [3.63, 3.8) is 0 Å². The average molecular weight is 359 g/mol. The van der Waals surface area contributed by atoms with E-state index in [9.17, 15) is 0 Å². The van der Waals surface area contributed by atoms with E-state index in [0.717, 1.165) is 4.47 Å². The molecule has 0 N–H and O–H groups in total. The maximum atomic E-state index is 3.52. The van der Waals surface area contributed by atoms with E-state index in [0.29, 0.717) is 10.8 Å². The van der Waals surface area contributed by atoms with Gasteiger partial charge in [0.15, 0.2) is 0 Å². The van der Waals surface area contributed by atoms with Gasteiger partial charge in [0.25, 0.3) is 0 Å². The van der Waals surface area contributed by atoms with Gasteiger partial charge in [-0.25, -0.2) is 0 Å². The lowest BCUT2D eigenvalue weighted by molar-refractivity contribution is 0.167. The lowest BCUT2D eigenvalue weighted by atomic mass is 9.70. The second-order valence-electron chi connectivity index (χ2n) is 6.84. The van der Waals surface area contributed by atoms with E-state index in [1.807, 2.05) is 0 Å². The van der Waals surface area contributed by atoms with Crippen LogP contribution in [0.1, 0.15) is 40.2 Å². The lowest BCUT2D eigenvalue weighted by Gasteiger charge is -2.49. The SMILES string of the molecule is CC1(c2ccc(Br)cc2)SCC(C)(C(C)(C)C)CS1. The van der Waals surface area contributed by atoms with Crippen molar-refractivity contribution in [3.8, 4) is 0 Å². The Kier molecular flexibility index (Phi) is 4.41. The first-order valence-electron chi connectivity index (χ1n) is 6.70. The highest BCUT2D eigenvalue weighted by molar-refractivity contribution is 9.10. The summed E-state index contributed by atoms with van der Waals surface area (Å²) in [5, 5.41) is 0. The molecule has 1 aromatic rings. The molecule has 2 rings (SSSR count). The Labute approximate surface area is 134 Å². The summed E-state index contributed by atoms with van der Waals surface area (Å²) >= 11 is 7.73. The predicted octanol–water partition coefficient (Wildman–Crippen LogP) is 6.15. The maximum Gasteiger partial charge on any atom is 0.0832 e. The van der Waals surface area contributed by atoms with Gasteiger partial charge in [-0.1, -0.05) is 55.8 Å². The normalized spacial score (nSPS) is 32.3. The Bertz CT molecular complexity index is 437. The minimum atomic E-state index is 0.200. The number of rotatable bonds is 1. The van der Waals surface area contributed by atoms with Crippen molar-refractivity contribution in [1.29, 1.82) is 0 Å². The van der Waals surface area contributed by atoms with Crippen LogP contribution in [0.2, 0.25) is 0 Å². The molecule has 0 atom stereocenters. The Morgan fingerprint density at radius 2 is 1.47 bits per heavy atom. The van der Waals surface area contributed by atoms with Gasteiger partial charge in [0.2, 0.25) is 0 Å². The van der Waals surface area contributed by atoms with Crippen LogP contribution in [0.5, 0.6) is 0 Å². The molecule has 0 bridgehead atoms. The molecule has 1 saturated heterocycles. The van der Waals surface area contributed by atoms with Crippen molar-refractivity contribution in [2.24, 2.45) is 10.8 Å². The number of hydrogen-bond acceptors (Lipinski definition) is 2. The van der Waals surface area contributed by atoms with E-state index in [4.69, 9.17) is 0 Å². The number of thioether (sulfide) groups is 2. The van der Waals surface area contributed by atoms with Crippen LogP contribution in [0.4, 0.5) is 0 Å². The van der Waals surface area contributed by atoms with Crippen LogP contribution < -0.4 is 0 Å². The second kappa shape index (κ2) is 5.31. The Morgan fingerprint density at radius 1 is 1.00 bits per heavy atom. The van der Waals surface area contributed by atoms with Crippen LogP contribution >= 0.6 is 39.5 Å². The average Bonchev–Trinajstić information content (AvgIpc) is 2.33. The topological polar surface area (TPSA) is 0 Å². The molecule has 0 spiro atoms. The van der Waals surface area contributed by atoms with Crippen molar-refractivity contribution in [2.75, 3.05) is 11.5 Å². The van der Waals surface area contributed by atoms with Gasteiger partial charge in [0, 0.05) is 16.0 Å². The molecule has 0 saturated carbocycles. The molecule has 0 radical (unpaired) electrons. The lowest BCUT2D eigenvalue weighted by Crippen LogP contribution is -2.42. The van der Waals surface area contributed by atoms with Gasteiger partial charge in [-0.3, -0.25) is 0 Å². The summed E-state index contributed by atoms with van der Waals surface area (Å²) in [7, 11) is 0. The van der Waals surface area contributed by atoms with Gasteiger partial charge >= 0.3 is 0 Å². The van der Waals surface area contributed by atoms with E-state index in [2.05, 4.69) is 98.3 Å². The monoisotopic (exact) mass is 358 g/mol. The molecule has 106 valence electrons. The zero-order valence-electron chi connectivity index (χ0n) is 12.4. The zero-order valence-corrected chi connectivity index (χ0v) is 15.6. The standard InChI is InChI=1S/C16H23BrS2/c1-14(2,3)15(4)10-18-16(5,19-11-15)12-6-8-13(17)9-7-12/h6-9H,10-11H2,1-5H3. The molecular formula is C16H23BrS2. The van der Waals surface area contributed by atoms with Crippen LogP contribution in [-0.2, 0) is 4.08 Å². The van der Waals surface area contributed by atoms with Crippen LogP contribution in [-0.4, -0.2) is 11.5 Å². The van der Waals surface area contributed by atoms with Gasteiger partial charge in [0.1, 0.15) is 0 Å². The first kappa shape index (κ1) is 15.8. The molecule has 0 aromatic heterocycles. The number of halogens is 1. The van der Waals surface area contributed by atoms with Gasteiger partial charge in [-0.2, -0.15) is 0 Å². The van der Waals surface area contributed by atoms with E-state index in [1.54, 1.807) is 0 Å². The van der Waals surface area contributed by atoms with Crippen molar-refractivity contribution in [3.05, 3.63) is 34.3 Å². The van der Waals surface area contributed by atoms with Gasteiger partial charge in [-0.15, -0.1) is 23.5 Å². The highest BCUT2D eigenvalue weighted by atomic mass is 79.9. The molecule has 1 aliphatic rings. The van der Waals surface area contributed by atoms with Crippen molar-refractivity contribution in [2.45, 2.75) is 38.7 Å². The first-order chi connectivity index (χ1) is 8.66. The van der Waals surface area contributed by atoms with E-state index < -0.39 is 0 Å². The second-order valence-corrected chi connectivity index (χ2v) is 10.8. The minimum Gasteiger partial charge on any atom is -0.139 e. The third kappa shape index (κ3) is 3.19. The highest BCUT2D eigenvalue weighted by Gasteiger charge is 2.45. The fourth-order valence-corrected chi connectivity index (χ4v) is 5.97. The van der Waals surface area contributed by atoms with Crippen molar-refractivity contribution in [1.82, 2.24) is 0 Å². The Hall–Kier alpha value is 0.400. The Balaban J connectivity index is 2.16. The molecule has 0 unspecified atom stereocenters. The van der Waals surface area contributed by atoms with Crippen LogP contribution in [0, 0.1) is 10.8 Å². The highest BCUT2D eigenvalue weighted by Crippen LogP contribution is 2.58. The third-order valence-corrected chi connectivity index (χ3v) is 8.88. The summed E-state index contributed by atoms with van der Waals surface area (Å²) < 4.78 is 1.36. The molecule has 1 aromatic carbocycles. The molecular weight excluding hydrogens is 336 g/mol. The van der Waals surface area contributed by atoms with Crippen LogP contribution in [0.25, 0.3) is 0 Å². The minimum absolute atomic E-state index is 0.200. The molecule has 1 fully saturated rings. The summed E-state index contributed by atoms with van der Waals surface area (Å²) in [6.07, 6.45) is 0. The molecule has 1 aliphatic heterocycles. The molecule has 0 nitrogen and oxygen atoms in total. The van der Waals surface area contributed by atoms with E-state index in [1.165, 1.54) is 17.1 Å². The van der Waals surface area contributed by atoms with Gasteiger partial charge in [-0.05, 0) is 35.4 Å².